The van der Waals surface area contributed by atoms with Crippen LogP contribution in [0.5, 0.6) is 0 Å². The van der Waals surface area contributed by atoms with Crippen molar-refractivity contribution in [2.75, 3.05) is 6.54 Å². The van der Waals surface area contributed by atoms with Crippen LogP contribution in [0.15, 0.2) is 36.4 Å². The second-order valence-electron chi connectivity index (χ2n) is 5.30. The predicted molar refractivity (Wildman–Crippen MR) is 88.4 cm³/mol. The largest absolute Gasteiger partial charge is 0.313 e. The molecular formula is C18H22ClN. The average molecular weight is 288 g/mol. The average Bonchev–Trinajstić information content (AvgIpc) is 2.41. The molecule has 0 saturated carbocycles. The fourth-order valence-electron chi connectivity index (χ4n) is 2.40. The molecule has 0 aliphatic carbocycles. The lowest BCUT2D eigenvalue weighted by Crippen LogP contribution is -2.13. The van der Waals surface area contributed by atoms with E-state index in [1.165, 1.54) is 22.3 Å². The maximum absolute atomic E-state index is 6.40. The quantitative estimate of drug-likeness (QED) is 0.752. The zero-order valence-electron chi connectivity index (χ0n) is 12.5. The van der Waals surface area contributed by atoms with Gasteiger partial charge in [-0.15, -0.1) is 0 Å². The van der Waals surface area contributed by atoms with Crippen LogP contribution in [0.4, 0.5) is 0 Å². The van der Waals surface area contributed by atoms with Crippen molar-refractivity contribution in [1.82, 2.24) is 5.32 Å². The molecule has 0 fully saturated rings. The van der Waals surface area contributed by atoms with Crippen molar-refractivity contribution in [3.8, 4) is 11.1 Å². The number of aryl methyl sites for hydroxylation is 2. The van der Waals surface area contributed by atoms with Crippen LogP contribution in [-0.2, 0) is 6.54 Å². The van der Waals surface area contributed by atoms with Crippen LogP contribution in [0.1, 0.15) is 30.0 Å². The van der Waals surface area contributed by atoms with Crippen LogP contribution < -0.4 is 5.32 Å². The van der Waals surface area contributed by atoms with Gasteiger partial charge in [0.1, 0.15) is 0 Å². The van der Waals surface area contributed by atoms with E-state index in [0.717, 1.165) is 30.1 Å². The molecule has 0 heterocycles. The molecule has 20 heavy (non-hydrogen) atoms. The molecule has 1 nitrogen and oxygen atoms in total. The standard InChI is InChI=1S/C18H22ClN/c1-4-9-20-12-16-7-6-15(11-18(16)19)17-8-5-13(2)10-14(17)3/h5-8,10-11,20H,4,9,12H2,1-3H3. The Kier molecular flexibility index (Phi) is 5.22. The van der Waals surface area contributed by atoms with Crippen molar-refractivity contribution in [2.45, 2.75) is 33.7 Å². The molecule has 0 bridgehead atoms. The highest BCUT2D eigenvalue weighted by Crippen LogP contribution is 2.28. The molecule has 0 aliphatic heterocycles. The Morgan fingerprint density at radius 2 is 1.85 bits per heavy atom. The van der Waals surface area contributed by atoms with Gasteiger partial charge in [0.15, 0.2) is 0 Å². The molecule has 2 heteroatoms. The molecule has 2 aromatic carbocycles. The van der Waals surface area contributed by atoms with E-state index in [0.29, 0.717) is 0 Å². The lowest BCUT2D eigenvalue weighted by Gasteiger charge is -2.11. The van der Waals surface area contributed by atoms with E-state index in [-0.39, 0.29) is 0 Å². The van der Waals surface area contributed by atoms with Gasteiger partial charge < -0.3 is 5.32 Å². The van der Waals surface area contributed by atoms with E-state index in [4.69, 9.17) is 11.6 Å². The monoisotopic (exact) mass is 287 g/mol. The Morgan fingerprint density at radius 3 is 2.50 bits per heavy atom. The van der Waals surface area contributed by atoms with Crippen molar-refractivity contribution < 1.29 is 0 Å². The minimum absolute atomic E-state index is 0.833. The van der Waals surface area contributed by atoms with Gasteiger partial charge >= 0.3 is 0 Å². The van der Waals surface area contributed by atoms with Gasteiger partial charge in [0.25, 0.3) is 0 Å². The third kappa shape index (κ3) is 3.62. The summed E-state index contributed by atoms with van der Waals surface area (Å²) in [5, 5.41) is 4.22. The maximum Gasteiger partial charge on any atom is 0.0457 e. The van der Waals surface area contributed by atoms with Gasteiger partial charge in [-0.1, -0.05) is 54.4 Å². The van der Waals surface area contributed by atoms with Crippen LogP contribution in [0.25, 0.3) is 11.1 Å². The molecule has 0 atom stereocenters. The topological polar surface area (TPSA) is 12.0 Å². The van der Waals surface area contributed by atoms with E-state index < -0.39 is 0 Å². The van der Waals surface area contributed by atoms with Gasteiger partial charge in [-0.2, -0.15) is 0 Å². The zero-order chi connectivity index (χ0) is 14.5. The molecule has 106 valence electrons. The first-order valence-corrected chi connectivity index (χ1v) is 7.56. The highest BCUT2D eigenvalue weighted by molar-refractivity contribution is 6.31. The molecule has 0 radical (unpaired) electrons. The number of benzene rings is 2. The Balaban J connectivity index is 2.24. The number of halogens is 1. The van der Waals surface area contributed by atoms with Crippen LogP contribution >= 0.6 is 11.6 Å². The minimum Gasteiger partial charge on any atom is -0.313 e. The molecule has 0 aliphatic rings. The zero-order valence-corrected chi connectivity index (χ0v) is 13.2. The lowest BCUT2D eigenvalue weighted by molar-refractivity contribution is 0.675. The van der Waals surface area contributed by atoms with Crippen LogP contribution in [0.2, 0.25) is 5.02 Å². The van der Waals surface area contributed by atoms with Crippen LogP contribution in [-0.4, -0.2) is 6.54 Å². The third-order valence-electron chi connectivity index (χ3n) is 3.49. The summed E-state index contributed by atoms with van der Waals surface area (Å²) in [7, 11) is 0. The molecule has 1 N–H and O–H groups in total. The molecule has 0 saturated heterocycles. The van der Waals surface area contributed by atoms with Gasteiger partial charge in [-0.3, -0.25) is 0 Å². The molecule has 0 aromatic heterocycles. The summed E-state index contributed by atoms with van der Waals surface area (Å²) in [6, 6.07) is 12.9. The smallest absolute Gasteiger partial charge is 0.0457 e. The second kappa shape index (κ2) is 6.92. The number of hydrogen-bond donors (Lipinski definition) is 1. The summed E-state index contributed by atoms with van der Waals surface area (Å²) in [6.07, 6.45) is 1.14. The molecular weight excluding hydrogens is 266 g/mol. The molecule has 0 spiro atoms. The van der Waals surface area contributed by atoms with E-state index in [1.54, 1.807) is 0 Å². The van der Waals surface area contributed by atoms with E-state index in [2.05, 4.69) is 62.5 Å². The molecule has 0 unspecified atom stereocenters. The van der Waals surface area contributed by atoms with Crippen molar-refractivity contribution in [2.24, 2.45) is 0 Å². The Hall–Kier alpha value is -1.31. The lowest BCUT2D eigenvalue weighted by atomic mass is 9.98. The first-order chi connectivity index (χ1) is 9.61. The number of nitrogens with one attached hydrogen (secondary N) is 1. The highest BCUT2D eigenvalue weighted by atomic mass is 35.5. The van der Waals surface area contributed by atoms with Crippen molar-refractivity contribution >= 4 is 11.6 Å². The van der Waals surface area contributed by atoms with Gasteiger partial charge in [0.2, 0.25) is 0 Å². The van der Waals surface area contributed by atoms with Gasteiger partial charge in [-0.25, -0.2) is 0 Å². The summed E-state index contributed by atoms with van der Waals surface area (Å²) in [6.45, 7) is 8.28. The Labute approximate surface area is 127 Å². The van der Waals surface area contributed by atoms with E-state index in [9.17, 15) is 0 Å². The van der Waals surface area contributed by atoms with Crippen LogP contribution in [0, 0.1) is 13.8 Å². The summed E-state index contributed by atoms with van der Waals surface area (Å²) in [5.41, 5.74) is 6.18. The second-order valence-corrected chi connectivity index (χ2v) is 5.71. The number of rotatable bonds is 5. The Bertz CT molecular complexity index is 590. The van der Waals surface area contributed by atoms with E-state index in [1.807, 2.05) is 0 Å². The summed E-state index contributed by atoms with van der Waals surface area (Å²) in [4.78, 5) is 0. The fraction of sp³-hybridized carbons (Fsp3) is 0.333. The summed E-state index contributed by atoms with van der Waals surface area (Å²) in [5.74, 6) is 0. The SMILES string of the molecule is CCCNCc1ccc(-c2ccc(C)cc2C)cc1Cl. The van der Waals surface area contributed by atoms with Crippen molar-refractivity contribution in [1.29, 1.82) is 0 Å². The van der Waals surface area contributed by atoms with Crippen LogP contribution in [0.3, 0.4) is 0 Å². The molecule has 2 rings (SSSR count). The Morgan fingerprint density at radius 1 is 1.05 bits per heavy atom. The van der Waals surface area contributed by atoms with Crippen molar-refractivity contribution in [3.63, 3.8) is 0 Å². The highest BCUT2D eigenvalue weighted by Gasteiger charge is 2.06. The van der Waals surface area contributed by atoms with Crippen molar-refractivity contribution in [3.05, 3.63) is 58.1 Å². The summed E-state index contributed by atoms with van der Waals surface area (Å²) >= 11 is 6.40. The molecule has 0 amide bonds. The first kappa shape index (κ1) is 15.1. The fourth-order valence-corrected chi connectivity index (χ4v) is 2.64. The van der Waals surface area contributed by atoms with Gasteiger partial charge in [0.05, 0.1) is 0 Å². The van der Waals surface area contributed by atoms with E-state index >= 15 is 0 Å². The molecule has 2 aromatic rings. The van der Waals surface area contributed by atoms with Gasteiger partial charge in [0, 0.05) is 11.6 Å². The normalized spacial score (nSPS) is 10.8. The maximum atomic E-state index is 6.40. The first-order valence-electron chi connectivity index (χ1n) is 7.18. The minimum atomic E-state index is 0.833. The number of hydrogen-bond acceptors (Lipinski definition) is 1. The predicted octanol–water partition coefficient (Wildman–Crippen LogP) is 5.12. The third-order valence-corrected chi connectivity index (χ3v) is 3.84. The summed E-state index contributed by atoms with van der Waals surface area (Å²) < 4.78 is 0. The van der Waals surface area contributed by atoms with Gasteiger partial charge in [-0.05, 0) is 55.1 Å².